The molecule has 0 radical (unpaired) electrons. The van der Waals surface area contributed by atoms with Crippen LogP contribution in [0.2, 0.25) is 0 Å². The van der Waals surface area contributed by atoms with Gasteiger partial charge in [0.1, 0.15) is 13.0 Å². The Labute approximate surface area is 86.2 Å². The highest BCUT2D eigenvalue weighted by Crippen LogP contribution is 2.01. The predicted octanol–water partition coefficient (Wildman–Crippen LogP) is 1.14. The first-order valence-corrected chi connectivity index (χ1v) is 4.26. The van der Waals surface area contributed by atoms with Gasteiger partial charge in [0.15, 0.2) is 0 Å². The van der Waals surface area contributed by atoms with Crippen molar-refractivity contribution in [2.24, 2.45) is 0 Å². The molecule has 0 spiro atoms. The molecule has 1 rings (SSSR count). The van der Waals surface area contributed by atoms with Crippen molar-refractivity contribution in [2.45, 2.75) is 13.0 Å². The summed E-state index contributed by atoms with van der Waals surface area (Å²) in [6.45, 7) is 0.0956. The van der Waals surface area contributed by atoms with Crippen LogP contribution >= 0.6 is 0 Å². The van der Waals surface area contributed by atoms with Crippen LogP contribution in [0.25, 0.3) is 0 Å². The average molecular weight is 210 g/mol. The second-order valence-electron chi connectivity index (χ2n) is 2.79. The summed E-state index contributed by atoms with van der Waals surface area (Å²) in [5, 5.41) is 7.91. The van der Waals surface area contributed by atoms with Crippen LogP contribution in [0, 0.1) is 0 Å². The van der Waals surface area contributed by atoms with Gasteiger partial charge in [0.25, 0.3) is 0 Å². The fraction of sp³-hybridized carbons (Fsp3) is 0.200. The van der Waals surface area contributed by atoms with Crippen LogP contribution in [0.5, 0.6) is 0 Å². The molecule has 0 aliphatic rings. The third-order valence-corrected chi connectivity index (χ3v) is 1.63. The van der Waals surface area contributed by atoms with Crippen LogP contribution in [0.1, 0.15) is 12.0 Å². The normalized spacial score (nSPS) is 9.40. The van der Waals surface area contributed by atoms with Gasteiger partial charge >= 0.3 is 11.9 Å². The summed E-state index contributed by atoms with van der Waals surface area (Å²) in [4.78, 5) is 24.7. The van der Waals surface area contributed by atoms with Crippen LogP contribution in [0.4, 0.5) is 0 Å². The lowest BCUT2D eigenvalue weighted by molar-refractivity contribution is -0.234. The molecule has 15 heavy (non-hydrogen) atoms. The van der Waals surface area contributed by atoms with E-state index < -0.39 is 18.4 Å². The third kappa shape index (κ3) is 4.24. The topological polar surface area (TPSA) is 72.8 Å². The molecule has 0 saturated carbocycles. The molecule has 5 heteroatoms. The maximum atomic E-state index is 11.0. The molecule has 5 nitrogen and oxygen atoms in total. The number of ether oxygens (including phenoxy) is 1. The van der Waals surface area contributed by atoms with Gasteiger partial charge in [-0.1, -0.05) is 30.3 Å². The number of carbonyl (C=O) groups excluding carboxylic acids is 2. The molecule has 0 bridgehead atoms. The average Bonchev–Trinajstić information content (AvgIpc) is 2.27. The Morgan fingerprint density at radius 2 is 1.80 bits per heavy atom. The largest absolute Gasteiger partial charge is 0.460 e. The second-order valence-corrected chi connectivity index (χ2v) is 2.79. The zero-order valence-electron chi connectivity index (χ0n) is 7.88. The summed E-state index contributed by atoms with van der Waals surface area (Å²) in [6.07, 6.45) is -0.594. The van der Waals surface area contributed by atoms with E-state index in [1.165, 1.54) is 0 Å². The molecule has 0 saturated heterocycles. The van der Waals surface area contributed by atoms with Gasteiger partial charge in [0.05, 0.1) is 0 Å². The molecular formula is C10H10O5. The Hall–Kier alpha value is -1.88. The predicted molar refractivity (Wildman–Crippen MR) is 49.6 cm³/mol. The molecule has 0 atom stereocenters. The highest BCUT2D eigenvalue weighted by atomic mass is 17.1. The van der Waals surface area contributed by atoms with Gasteiger partial charge < -0.3 is 9.62 Å². The van der Waals surface area contributed by atoms with Crippen molar-refractivity contribution in [1.82, 2.24) is 0 Å². The summed E-state index contributed by atoms with van der Waals surface area (Å²) in [5.41, 5.74) is 0.822. The van der Waals surface area contributed by atoms with Crippen molar-refractivity contribution in [3.63, 3.8) is 0 Å². The Bertz CT molecular complexity index is 333. The molecule has 0 fully saturated rings. The number of esters is 1. The summed E-state index contributed by atoms with van der Waals surface area (Å²) in [5.74, 6) is -1.77. The number of hydrogen-bond donors (Lipinski definition) is 1. The van der Waals surface area contributed by atoms with Crippen LogP contribution in [-0.4, -0.2) is 17.2 Å². The lowest BCUT2D eigenvalue weighted by Gasteiger charge is -2.02. The Balaban J connectivity index is 2.32. The molecule has 0 aromatic heterocycles. The van der Waals surface area contributed by atoms with Gasteiger partial charge in [-0.3, -0.25) is 4.79 Å². The number of benzene rings is 1. The van der Waals surface area contributed by atoms with E-state index in [-0.39, 0.29) is 6.61 Å². The van der Waals surface area contributed by atoms with Crippen molar-refractivity contribution in [1.29, 1.82) is 0 Å². The Morgan fingerprint density at radius 1 is 1.13 bits per heavy atom. The van der Waals surface area contributed by atoms with Crippen LogP contribution < -0.4 is 0 Å². The quantitative estimate of drug-likeness (QED) is 0.349. The number of carbonyl (C=O) groups is 2. The van der Waals surface area contributed by atoms with Crippen molar-refractivity contribution in [2.75, 3.05) is 0 Å². The van der Waals surface area contributed by atoms with Gasteiger partial charge in [0, 0.05) is 0 Å². The Kier molecular flexibility index (Phi) is 4.30. The van der Waals surface area contributed by atoms with Gasteiger partial charge in [-0.05, 0) is 5.56 Å². The maximum Gasteiger partial charge on any atom is 0.353 e. The zero-order chi connectivity index (χ0) is 11.1. The first-order valence-electron chi connectivity index (χ1n) is 4.26. The highest BCUT2D eigenvalue weighted by molar-refractivity contribution is 5.90. The molecule has 0 heterocycles. The molecule has 0 unspecified atom stereocenters. The molecule has 1 N–H and O–H groups in total. The fourth-order valence-corrected chi connectivity index (χ4v) is 0.939. The van der Waals surface area contributed by atoms with E-state index in [2.05, 4.69) is 4.89 Å². The standard InChI is InChI=1S/C10H10O5/c11-9(6-10(12)15-13)14-7-8-4-2-1-3-5-8/h1-5,13H,6-7H2. The lowest BCUT2D eigenvalue weighted by atomic mass is 10.2. The highest BCUT2D eigenvalue weighted by Gasteiger charge is 2.11. The van der Waals surface area contributed by atoms with Gasteiger partial charge in [0.2, 0.25) is 0 Å². The van der Waals surface area contributed by atoms with Gasteiger partial charge in [-0.15, -0.1) is 0 Å². The smallest absolute Gasteiger partial charge is 0.353 e. The monoisotopic (exact) mass is 210 g/mol. The molecule has 0 aliphatic carbocycles. The first kappa shape index (κ1) is 11.2. The fourth-order valence-electron chi connectivity index (χ4n) is 0.939. The van der Waals surface area contributed by atoms with E-state index in [1.54, 1.807) is 12.1 Å². The summed E-state index contributed by atoms with van der Waals surface area (Å²) >= 11 is 0. The van der Waals surface area contributed by atoms with E-state index >= 15 is 0 Å². The number of hydrogen-bond acceptors (Lipinski definition) is 5. The van der Waals surface area contributed by atoms with E-state index in [4.69, 9.17) is 9.99 Å². The molecule has 1 aromatic rings. The van der Waals surface area contributed by atoms with Crippen molar-refractivity contribution >= 4 is 11.9 Å². The summed E-state index contributed by atoms with van der Waals surface area (Å²) in [7, 11) is 0. The van der Waals surface area contributed by atoms with Crippen molar-refractivity contribution < 1.29 is 24.5 Å². The minimum atomic E-state index is -1.03. The second kappa shape index (κ2) is 5.77. The van der Waals surface area contributed by atoms with Crippen molar-refractivity contribution in [3.05, 3.63) is 35.9 Å². The first-order chi connectivity index (χ1) is 7.22. The number of rotatable bonds is 4. The van der Waals surface area contributed by atoms with E-state index in [9.17, 15) is 9.59 Å². The van der Waals surface area contributed by atoms with E-state index in [0.717, 1.165) is 5.56 Å². The minimum absolute atomic E-state index is 0.0956. The van der Waals surface area contributed by atoms with Crippen molar-refractivity contribution in [3.8, 4) is 0 Å². The van der Waals surface area contributed by atoms with Crippen LogP contribution in [0.15, 0.2) is 30.3 Å². The van der Waals surface area contributed by atoms with Crippen LogP contribution in [0.3, 0.4) is 0 Å². The van der Waals surface area contributed by atoms with E-state index in [1.807, 2.05) is 18.2 Å². The van der Waals surface area contributed by atoms with E-state index in [0.29, 0.717) is 0 Å². The Morgan fingerprint density at radius 3 is 2.40 bits per heavy atom. The molecule has 0 amide bonds. The summed E-state index contributed by atoms with van der Waals surface area (Å²) < 4.78 is 4.75. The lowest BCUT2D eigenvalue weighted by Crippen LogP contribution is -2.12. The molecular weight excluding hydrogens is 200 g/mol. The minimum Gasteiger partial charge on any atom is -0.460 e. The molecule has 0 aliphatic heterocycles. The third-order valence-electron chi connectivity index (χ3n) is 1.63. The SMILES string of the molecule is O=C(CC(=O)OCc1ccccc1)OO. The molecule has 1 aromatic carbocycles. The van der Waals surface area contributed by atoms with Gasteiger partial charge in [-0.2, -0.15) is 5.26 Å². The van der Waals surface area contributed by atoms with Crippen LogP contribution in [-0.2, 0) is 25.8 Å². The zero-order valence-corrected chi connectivity index (χ0v) is 7.88. The van der Waals surface area contributed by atoms with Gasteiger partial charge in [-0.25, -0.2) is 4.79 Å². The molecule has 80 valence electrons. The maximum absolute atomic E-state index is 11.0. The summed E-state index contributed by atoms with van der Waals surface area (Å²) in [6, 6.07) is 9.04.